The number of hydrogen-bond acceptors (Lipinski definition) is 4. The number of benzene rings is 1. The average molecular weight is 308 g/mol. The molecular weight excluding hydrogens is 294 g/mol. The molecule has 0 saturated heterocycles. The number of halogens is 1. The molecule has 6 nitrogen and oxygen atoms in total. The van der Waals surface area contributed by atoms with E-state index in [2.05, 4.69) is 10.4 Å². The lowest BCUT2D eigenvalue weighted by Crippen LogP contribution is -2.34. The fourth-order valence-electron chi connectivity index (χ4n) is 1.61. The van der Waals surface area contributed by atoms with E-state index in [1.165, 1.54) is 16.9 Å². The summed E-state index contributed by atoms with van der Waals surface area (Å²) >= 11 is 5.81. The summed E-state index contributed by atoms with van der Waals surface area (Å²) < 4.78 is 6.57. The van der Waals surface area contributed by atoms with Crippen LogP contribution in [0.15, 0.2) is 47.4 Å². The summed E-state index contributed by atoms with van der Waals surface area (Å²) in [6, 6.07) is 9.78. The molecule has 0 radical (unpaired) electrons. The van der Waals surface area contributed by atoms with Crippen LogP contribution in [0.1, 0.15) is 0 Å². The minimum atomic E-state index is -0.279. The Bertz CT molecular complexity index is 672. The molecule has 0 aliphatic carbocycles. The van der Waals surface area contributed by atoms with Gasteiger partial charge in [-0.1, -0.05) is 17.7 Å². The van der Waals surface area contributed by atoms with Gasteiger partial charge < -0.3 is 10.1 Å². The van der Waals surface area contributed by atoms with E-state index >= 15 is 0 Å². The molecule has 0 aliphatic rings. The van der Waals surface area contributed by atoms with Gasteiger partial charge in [0.05, 0.1) is 6.54 Å². The predicted molar refractivity (Wildman–Crippen MR) is 78.5 cm³/mol. The number of aromatic nitrogens is 2. The fraction of sp³-hybridized carbons (Fsp3) is 0.214. The first-order valence-corrected chi connectivity index (χ1v) is 6.70. The fourth-order valence-corrected chi connectivity index (χ4v) is 1.79. The van der Waals surface area contributed by atoms with Crippen molar-refractivity contribution in [2.24, 2.45) is 0 Å². The molecule has 21 heavy (non-hydrogen) atoms. The Labute approximate surface area is 126 Å². The third-order valence-corrected chi connectivity index (χ3v) is 2.83. The summed E-state index contributed by atoms with van der Waals surface area (Å²) in [6.07, 6.45) is 1.52. The van der Waals surface area contributed by atoms with Crippen LogP contribution in [-0.4, -0.2) is 28.8 Å². The summed E-state index contributed by atoms with van der Waals surface area (Å²) in [4.78, 5) is 23.0. The van der Waals surface area contributed by atoms with Crippen molar-refractivity contribution >= 4 is 17.5 Å². The first kappa shape index (κ1) is 15.1. The van der Waals surface area contributed by atoms with Crippen LogP contribution < -0.4 is 15.6 Å². The average Bonchev–Trinajstić information content (AvgIpc) is 2.47. The molecule has 1 amide bonds. The molecule has 7 heteroatoms. The van der Waals surface area contributed by atoms with Crippen LogP contribution in [0.3, 0.4) is 0 Å². The van der Waals surface area contributed by atoms with Gasteiger partial charge in [-0.2, -0.15) is 5.10 Å². The highest BCUT2D eigenvalue weighted by Gasteiger charge is 2.03. The first-order valence-electron chi connectivity index (χ1n) is 6.32. The van der Waals surface area contributed by atoms with Crippen molar-refractivity contribution in [1.29, 1.82) is 0 Å². The van der Waals surface area contributed by atoms with Gasteiger partial charge in [-0.3, -0.25) is 9.59 Å². The Morgan fingerprint density at radius 1 is 1.33 bits per heavy atom. The highest BCUT2D eigenvalue weighted by molar-refractivity contribution is 6.30. The maximum absolute atomic E-state index is 11.6. The molecule has 110 valence electrons. The van der Waals surface area contributed by atoms with E-state index in [9.17, 15) is 9.59 Å². The van der Waals surface area contributed by atoms with Gasteiger partial charge in [0.1, 0.15) is 5.75 Å². The Hall–Kier alpha value is -2.34. The van der Waals surface area contributed by atoms with Crippen molar-refractivity contribution < 1.29 is 9.53 Å². The van der Waals surface area contributed by atoms with E-state index in [-0.39, 0.29) is 18.1 Å². The standard InChI is InChI=1S/C14H14ClN3O3/c15-11-3-1-4-12(9-11)21-10-13(19)16-7-8-18-14(20)5-2-6-17-18/h1-6,9H,7-8,10H2,(H,16,19). The number of nitrogens with one attached hydrogen (secondary N) is 1. The number of carbonyl (C=O) groups excluding carboxylic acids is 1. The van der Waals surface area contributed by atoms with Gasteiger partial charge in [0.25, 0.3) is 11.5 Å². The van der Waals surface area contributed by atoms with Crippen LogP contribution >= 0.6 is 11.6 Å². The zero-order valence-electron chi connectivity index (χ0n) is 11.2. The molecule has 1 aromatic heterocycles. The monoisotopic (exact) mass is 307 g/mol. The second-order valence-electron chi connectivity index (χ2n) is 4.18. The molecule has 2 aromatic rings. The maximum Gasteiger partial charge on any atom is 0.266 e. The highest BCUT2D eigenvalue weighted by atomic mass is 35.5. The smallest absolute Gasteiger partial charge is 0.266 e. The van der Waals surface area contributed by atoms with Crippen molar-refractivity contribution in [3.05, 3.63) is 58.0 Å². The third kappa shape index (κ3) is 4.92. The second-order valence-corrected chi connectivity index (χ2v) is 4.62. The highest BCUT2D eigenvalue weighted by Crippen LogP contribution is 2.16. The number of rotatable bonds is 6. The van der Waals surface area contributed by atoms with E-state index in [0.717, 1.165) is 0 Å². The lowest BCUT2D eigenvalue weighted by atomic mass is 10.3. The van der Waals surface area contributed by atoms with Crippen LogP contribution in [0, 0.1) is 0 Å². The Balaban J connectivity index is 1.73. The maximum atomic E-state index is 11.6. The quantitative estimate of drug-likeness (QED) is 0.867. The van der Waals surface area contributed by atoms with E-state index in [1.807, 2.05) is 0 Å². The van der Waals surface area contributed by atoms with Gasteiger partial charge in [-0.15, -0.1) is 0 Å². The van der Waals surface area contributed by atoms with Gasteiger partial charge in [-0.25, -0.2) is 4.68 Å². The molecule has 0 aliphatic heterocycles. The van der Waals surface area contributed by atoms with Crippen LogP contribution in [0.4, 0.5) is 0 Å². The van der Waals surface area contributed by atoms with Gasteiger partial charge >= 0.3 is 0 Å². The van der Waals surface area contributed by atoms with Crippen LogP contribution in [0.25, 0.3) is 0 Å². The van der Waals surface area contributed by atoms with Gasteiger partial charge in [0, 0.05) is 23.8 Å². The first-order chi connectivity index (χ1) is 10.1. The Morgan fingerprint density at radius 3 is 2.95 bits per heavy atom. The molecule has 2 rings (SSSR count). The minimum Gasteiger partial charge on any atom is -0.484 e. The number of nitrogens with zero attached hydrogens (tertiary/aromatic N) is 2. The van der Waals surface area contributed by atoms with Crippen molar-refractivity contribution in [3.8, 4) is 5.75 Å². The molecule has 0 fully saturated rings. The summed E-state index contributed by atoms with van der Waals surface area (Å²) in [7, 11) is 0. The molecule has 0 spiro atoms. The van der Waals surface area contributed by atoms with E-state index < -0.39 is 0 Å². The normalized spacial score (nSPS) is 10.1. The second kappa shape index (κ2) is 7.44. The number of carbonyl (C=O) groups is 1. The largest absolute Gasteiger partial charge is 0.484 e. The summed E-state index contributed by atoms with van der Waals surface area (Å²) in [5.74, 6) is 0.248. The molecule has 0 bridgehead atoms. The lowest BCUT2D eigenvalue weighted by molar-refractivity contribution is -0.123. The molecule has 1 N–H and O–H groups in total. The summed E-state index contributed by atoms with van der Waals surface area (Å²) in [5.41, 5.74) is -0.207. The minimum absolute atomic E-state index is 0.114. The van der Waals surface area contributed by atoms with Crippen molar-refractivity contribution in [1.82, 2.24) is 15.1 Å². The Morgan fingerprint density at radius 2 is 2.19 bits per heavy atom. The van der Waals surface area contributed by atoms with Crippen molar-refractivity contribution in [3.63, 3.8) is 0 Å². The third-order valence-electron chi connectivity index (χ3n) is 2.60. The van der Waals surface area contributed by atoms with Gasteiger partial charge in [-0.05, 0) is 24.3 Å². The zero-order valence-corrected chi connectivity index (χ0v) is 11.9. The van der Waals surface area contributed by atoms with Crippen LogP contribution in [0.2, 0.25) is 5.02 Å². The molecule has 1 aromatic carbocycles. The molecule has 1 heterocycles. The summed E-state index contributed by atoms with van der Waals surface area (Å²) in [6.45, 7) is 0.495. The molecule has 0 unspecified atom stereocenters. The van der Waals surface area contributed by atoms with E-state index in [1.54, 1.807) is 30.3 Å². The zero-order chi connectivity index (χ0) is 15.1. The van der Waals surface area contributed by atoms with Crippen LogP contribution in [0.5, 0.6) is 5.75 Å². The molecular formula is C14H14ClN3O3. The SMILES string of the molecule is O=C(COc1cccc(Cl)c1)NCCn1ncccc1=O. The van der Waals surface area contributed by atoms with E-state index in [0.29, 0.717) is 23.9 Å². The molecule has 0 atom stereocenters. The number of amides is 1. The lowest BCUT2D eigenvalue weighted by Gasteiger charge is -2.08. The van der Waals surface area contributed by atoms with Crippen LogP contribution in [-0.2, 0) is 11.3 Å². The van der Waals surface area contributed by atoms with Gasteiger partial charge in [0.2, 0.25) is 0 Å². The van der Waals surface area contributed by atoms with Crippen molar-refractivity contribution in [2.75, 3.05) is 13.2 Å². The number of ether oxygens (including phenoxy) is 1. The predicted octanol–water partition coefficient (Wildman–Crippen LogP) is 1.09. The topological polar surface area (TPSA) is 73.2 Å². The summed E-state index contributed by atoms with van der Waals surface area (Å²) in [5, 5.41) is 7.08. The number of hydrogen-bond donors (Lipinski definition) is 1. The Kier molecular flexibility index (Phi) is 5.34. The van der Waals surface area contributed by atoms with Gasteiger partial charge in [0.15, 0.2) is 6.61 Å². The van der Waals surface area contributed by atoms with Crippen molar-refractivity contribution in [2.45, 2.75) is 6.54 Å². The van der Waals surface area contributed by atoms with E-state index in [4.69, 9.17) is 16.3 Å². The molecule has 0 saturated carbocycles.